The molecule has 1 amide bonds. The molecule has 0 radical (unpaired) electrons. The van der Waals surface area contributed by atoms with Crippen molar-refractivity contribution in [1.29, 1.82) is 0 Å². The van der Waals surface area contributed by atoms with Gasteiger partial charge in [-0.05, 0) is 6.92 Å². The van der Waals surface area contributed by atoms with Crippen LogP contribution in [0.15, 0.2) is 24.3 Å². The number of carbonyl (C=O) groups excluding carboxylic acids is 2. The van der Waals surface area contributed by atoms with Gasteiger partial charge >= 0.3 is 5.97 Å². The van der Waals surface area contributed by atoms with Crippen LogP contribution in [0.5, 0.6) is 0 Å². The van der Waals surface area contributed by atoms with Gasteiger partial charge < -0.3 is 10.1 Å². The minimum atomic E-state index is -0.536. The van der Waals surface area contributed by atoms with Crippen LogP contribution >= 0.6 is 11.3 Å². The van der Waals surface area contributed by atoms with Crippen molar-refractivity contribution in [2.75, 3.05) is 12.4 Å². The zero-order valence-corrected chi connectivity index (χ0v) is 13.2. The fraction of sp³-hybridized carbons (Fsp3) is 0.214. The first-order chi connectivity index (χ1) is 10.9. The number of nitro groups is 1. The Bertz CT molecular complexity index is 772. The van der Waals surface area contributed by atoms with Gasteiger partial charge in [0, 0.05) is 11.6 Å². The van der Waals surface area contributed by atoms with Crippen molar-refractivity contribution in [1.82, 2.24) is 4.98 Å². The molecule has 120 valence electrons. The van der Waals surface area contributed by atoms with Gasteiger partial charge in [0.1, 0.15) is 4.88 Å². The van der Waals surface area contributed by atoms with E-state index in [1.54, 1.807) is 13.0 Å². The van der Waals surface area contributed by atoms with Gasteiger partial charge in [0.15, 0.2) is 5.13 Å². The van der Waals surface area contributed by atoms with E-state index in [0.717, 1.165) is 11.3 Å². The predicted octanol–water partition coefficient (Wildman–Crippen LogP) is 2.33. The third-order valence-electron chi connectivity index (χ3n) is 2.95. The SMILES string of the molecule is COC(=O)c1sc(NC(=O)Cc2ccccc2[N+](=O)[O-])nc1C. The van der Waals surface area contributed by atoms with E-state index in [-0.39, 0.29) is 17.2 Å². The largest absolute Gasteiger partial charge is 0.465 e. The Labute approximate surface area is 135 Å². The maximum absolute atomic E-state index is 12.0. The van der Waals surface area contributed by atoms with Crippen molar-refractivity contribution >= 4 is 34.0 Å². The second-order valence-electron chi connectivity index (χ2n) is 4.54. The van der Waals surface area contributed by atoms with E-state index in [1.807, 2.05) is 0 Å². The van der Waals surface area contributed by atoms with Crippen molar-refractivity contribution in [2.45, 2.75) is 13.3 Å². The number of ether oxygens (including phenoxy) is 1. The molecule has 9 heteroatoms. The zero-order chi connectivity index (χ0) is 17.0. The molecule has 0 saturated carbocycles. The number of aryl methyl sites for hydroxylation is 1. The van der Waals surface area contributed by atoms with Crippen LogP contribution in [0.25, 0.3) is 0 Å². The molecule has 0 spiro atoms. The number of thiazole rings is 1. The molecule has 0 aliphatic rings. The molecular weight excluding hydrogens is 322 g/mol. The Kier molecular flexibility index (Phi) is 5.02. The zero-order valence-electron chi connectivity index (χ0n) is 12.4. The van der Waals surface area contributed by atoms with E-state index in [2.05, 4.69) is 15.0 Å². The highest BCUT2D eigenvalue weighted by Gasteiger charge is 2.19. The highest BCUT2D eigenvalue weighted by Crippen LogP contribution is 2.24. The molecule has 8 nitrogen and oxygen atoms in total. The number of hydrogen-bond donors (Lipinski definition) is 1. The first-order valence-corrected chi connectivity index (χ1v) is 7.32. The number of anilines is 1. The molecule has 1 heterocycles. The number of para-hydroxylation sites is 1. The topological polar surface area (TPSA) is 111 Å². The summed E-state index contributed by atoms with van der Waals surface area (Å²) in [5.74, 6) is -0.983. The lowest BCUT2D eigenvalue weighted by molar-refractivity contribution is -0.385. The first-order valence-electron chi connectivity index (χ1n) is 6.50. The number of methoxy groups -OCH3 is 1. The fourth-order valence-corrected chi connectivity index (χ4v) is 2.81. The number of esters is 1. The van der Waals surface area contributed by atoms with Gasteiger partial charge in [-0.2, -0.15) is 0 Å². The number of amides is 1. The summed E-state index contributed by atoms with van der Waals surface area (Å²) >= 11 is 0.990. The van der Waals surface area contributed by atoms with Crippen LogP contribution in [0.2, 0.25) is 0 Å². The van der Waals surface area contributed by atoms with E-state index >= 15 is 0 Å². The quantitative estimate of drug-likeness (QED) is 0.510. The van der Waals surface area contributed by atoms with Gasteiger partial charge in [0.25, 0.3) is 5.69 Å². The van der Waals surface area contributed by atoms with Gasteiger partial charge in [0.2, 0.25) is 5.91 Å². The first kappa shape index (κ1) is 16.6. The van der Waals surface area contributed by atoms with Gasteiger partial charge in [-0.1, -0.05) is 29.5 Å². The minimum absolute atomic E-state index is 0.117. The third kappa shape index (κ3) is 3.89. The van der Waals surface area contributed by atoms with Crippen LogP contribution in [0.4, 0.5) is 10.8 Å². The fourth-order valence-electron chi connectivity index (χ4n) is 1.91. The highest BCUT2D eigenvalue weighted by molar-refractivity contribution is 7.17. The molecule has 0 bridgehead atoms. The lowest BCUT2D eigenvalue weighted by Gasteiger charge is -2.03. The molecule has 0 unspecified atom stereocenters. The molecule has 0 atom stereocenters. The summed E-state index contributed by atoms with van der Waals surface area (Å²) in [6, 6.07) is 6.01. The monoisotopic (exact) mass is 335 g/mol. The summed E-state index contributed by atoms with van der Waals surface area (Å²) in [5.41, 5.74) is 0.632. The van der Waals surface area contributed by atoms with Crippen LogP contribution in [0, 0.1) is 17.0 Å². The average Bonchev–Trinajstić information content (AvgIpc) is 2.87. The molecule has 2 aromatic rings. The molecule has 23 heavy (non-hydrogen) atoms. The number of carbonyl (C=O) groups is 2. The summed E-state index contributed by atoms with van der Waals surface area (Å²) in [6.45, 7) is 1.63. The van der Waals surface area contributed by atoms with Gasteiger partial charge in [-0.25, -0.2) is 9.78 Å². The second-order valence-corrected chi connectivity index (χ2v) is 5.53. The maximum Gasteiger partial charge on any atom is 0.350 e. The van der Waals surface area contributed by atoms with Crippen LogP contribution in [-0.2, 0) is 16.0 Å². The Morgan fingerprint density at radius 1 is 1.39 bits per heavy atom. The highest BCUT2D eigenvalue weighted by atomic mass is 32.1. The molecule has 1 aromatic carbocycles. The van der Waals surface area contributed by atoms with Gasteiger partial charge in [-0.3, -0.25) is 14.9 Å². The van der Waals surface area contributed by atoms with Crippen LogP contribution in [-0.4, -0.2) is 28.9 Å². The van der Waals surface area contributed by atoms with E-state index < -0.39 is 16.8 Å². The number of nitrogens with zero attached hydrogens (tertiary/aromatic N) is 2. The third-order valence-corrected chi connectivity index (χ3v) is 4.01. The number of nitrogens with one attached hydrogen (secondary N) is 1. The van der Waals surface area contributed by atoms with Gasteiger partial charge in [0.05, 0.1) is 24.1 Å². The molecule has 0 aliphatic carbocycles. The molecule has 0 fully saturated rings. The van der Waals surface area contributed by atoms with E-state index in [9.17, 15) is 19.7 Å². The number of benzene rings is 1. The van der Waals surface area contributed by atoms with Gasteiger partial charge in [-0.15, -0.1) is 0 Å². The Hall–Kier alpha value is -2.81. The predicted molar refractivity (Wildman–Crippen MR) is 83.6 cm³/mol. The van der Waals surface area contributed by atoms with Crippen molar-refractivity contribution in [3.05, 3.63) is 50.5 Å². The summed E-state index contributed by atoms with van der Waals surface area (Å²) in [5, 5.41) is 13.7. The average molecular weight is 335 g/mol. The van der Waals surface area contributed by atoms with Crippen molar-refractivity contribution in [3.8, 4) is 0 Å². The standard InChI is InChI=1S/C14H13N3O5S/c1-8-12(13(19)22-2)23-14(15-8)16-11(18)7-9-5-3-4-6-10(9)17(20)21/h3-6H,7H2,1-2H3,(H,15,16,18). The maximum atomic E-state index is 12.0. The second kappa shape index (κ2) is 6.97. The van der Waals surface area contributed by atoms with Crippen molar-refractivity contribution in [3.63, 3.8) is 0 Å². The molecular formula is C14H13N3O5S. The van der Waals surface area contributed by atoms with Crippen molar-refractivity contribution in [2.24, 2.45) is 0 Å². The number of rotatable bonds is 5. The summed E-state index contributed by atoms with van der Waals surface area (Å²) < 4.78 is 4.62. The van der Waals surface area contributed by atoms with Crippen molar-refractivity contribution < 1.29 is 19.2 Å². The Balaban J connectivity index is 2.12. The smallest absolute Gasteiger partial charge is 0.350 e. The Morgan fingerprint density at radius 2 is 2.09 bits per heavy atom. The number of aromatic nitrogens is 1. The molecule has 2 rings (SSSR count). The molecule has 0 aliphatic heterocycles. The molecule has 0 saturated heterocycles. The van der Waals surface area contributed by atoms with E-state index in [4.69, 9.17) is 0 Å². The Morgan fingerprint density at radius 3 is 2.74 bits per heavy atom. The van der Waals surface area contributed by atoms with E-state index in [1.165, 1.54) is 25.3 Å². The number of hydrogen-bond acceptors (Lipinski definition) is 7. The van der Waals surface area contributed by atoms with E-state index in [0.29, 0.717) is 16.1 Å². The number of nitro benzene ring substituents is 1. The summed E-state index contributed by atoms with van der Waals surface area (Å²) in [7, 11) is 1.26. The lowest BCUT2D eigenvalue weighted by atomic mass is 10.1. The molecule has 1 aromatic heterocycles. The van der Waals surface area contributed by atoms with Crippen LogP contribution in [0.1, 0.15) is 20.9 Å². The lowest BCUT2D eigenvalue weighted by Crippen LogP contribution is -2.15. The summed E-state index contributed by atoms with van der Waals surface area (Å²) in [4.78, 5) is 38.3. The normalized spacial score (nSPS) is 10.2. The molecule has 1 N–H and O–H groups in total. The van der Waals surface area contributed by atoms with Crippen LogP contribution in [0.3, 0.4) is 0 Å². The summed E-state index contributed by atoms with van der Waals surface area (Å²) in [6.07, 6.45) is -0.163. The minimum Gasteiger partial charge on any atom is -0.465 e. The van der Waals surface area contributed by atoms with Crippen LogP contribution < -0.4 is 5.32 Å².